The summed E-state index contributed by atoms with van der Waals surface area (Å²) in [6.45, 7) is 0. The number of rotatable bonds is 1. The predicted octanol–water partition coefficient (Wildman–Crippen LogP) is 1.82. The largest absolute Gasteiger partial charge is 0.347 e. The molecule has 0 spiro atoms. The minimum absolute atomic E-state index is 0.386. The molecule has 3 aromatic rings. The minimum atomic E-state index is -0.511. The summed E-state index contributed by atoms with van der Waals surface area (Å²) in [6, 6.07) is 7.81. The first kappa shape index (κ1) is 11.3. The molecule has 0 bridgehead atoms. The van der Waals surface area contributed by atoms with Gasteiger partial charge in [-0.05, 0) is 40.3 Å². The van der Waals surface area contributed by atoms with Gasteiger partial charge < -0.3 is 4.98 Å². The van der Waals surface area contributed by atoms with Crippen molar-refractivity contribution >= 4 is 33.6 Å². The van der Waals surface area contributed by atoms with Crippen LogP contribution in [-0.4, -0.2) is 15.0 Å². The van der Waals surface area contributed by atoms with Gasteiger partial charge in [-0.3, -0.25) is 14.8 Å². The van der Waals surface area contributed by atoms with Crippen LogP contribution >= 0.6 is 22.6 Å². The van der Waals surface area contributed by atoms with Crippen LogP contribution in [0.3, 0.4) is 0 Å². The van der Waals surface area contributed by atoms with Gasteiger partial charge in [-0.25, -0.2) is 4.79 Å². The average Bonchev–Trinajstić information content (AvgIpc) is 2.74. The van der Waals surface area contributed by atoms with E-state index >= 15 is 0 Å². The smallest absolute Gasteiger partial charge is 0.327 e. The van der Waals surface area contributed by atoms with Crippen LogP contribution in [0.4, 0.5) is 0 Å². The summed E-state index contributed by atoms with van der Waals surface area (Å²) < 4.78 is 1.12. The molecule has 0 aliphatic heterocycles. The van der Waals surface area contributed by atoms with Crippen molar-refractivity contribution in [1.29, 1.82) is 0 Å². The highest BCUT2D eigenvalue weighted by molar-refractivity contribution is 14.1. The third-order valence-electron chi connectivity index (χ3n) is 2.73. The highest BCUT2D eigenvalue weighted by Crippen LogP contribution is 2.25. The van der Waals surface area contributed by atoms with E-state index in [0.29, 0.717) is 11.0 Å². The molecule has 0 aliphatic carbocycles. The third kappa shape index (κ3) is 1.78. The van der Waals surface area contributed by atoms with E-state index in [1.165, 1.54) is 0 Å². The van der Waals surface area contributed by atoms with Crippen LogP contribution in [0.15, 0.2) is 40.1 Å². The normalized spacial score (nSPS) is 10.9. The summed E-state index contributed by atoms with van der Waals surface area (Å²) in [5.41, 5.74) is 1.25. The second-order valence-electron chi connectivity index (χ2n) is 3.87. The first-order valence-corrected chi connectivity index (χ1v) is 6.32. The molecule has 2 heterocycles. The van der Waals surface area contributed by atoms with Crippen molar-refractivity contribution in [1.82, 2.24) is 15.0 Å². The van der Waals surface area contributed by atoms with Crippen LogP contribution in [0.1, 0.15) is 0 Å². The SMILES string of the molecule is O=c1[nH]c(=O)c2c(-c3ccc(I)cc3)c[nH]c2[nH]1. The van der Waals surface area contributed by atoms with Crippen molar-refractivity contribution in [2.45, 2.75) is 0 Å². The van der Waals surface area contributed by atoms with Gasteiger partial charge in [-0.15, -0.1) is 0 Å². The Morgan fingerprint density at radius 2 is 1.72 bits per heavy atom. The van der Waals surface area contributed by atoms with Crippen molar-refractivity contribution < 1.29 is 0 Å². The van der Waals surface area contributed by atoms with Crippen molar-refractivity contribution in [3.05, 3.63) is 54.9 Å². The zero-order chi connectivity index (χ0) is 12.7. The van der Waals surface area contributed by atoms with E-state index in [2.05, 4.69) is 37.5 Å². The number of aromatic nitrogens is 3. The van der Waals surface area contributed by atoms with Crippen molar-refractivity contribution in [3.63, 3.8) is 0 Å². The van der Waals surface area contributed by atoms with Crippen molar-refractivity contribution in [2.24, 2.45) is 0 Å². The number of benzene rings is 1. The first-order chi connectivity index (χ1) is 8.65. The standard InChI is InChI=1S/C12H8IN3O2/c13-7-3-1-6(2-4-7)8-5-14-10-9(8)11(17)16-12(18)15-10/h1-5H,(H3,14,15,16,17,18). The van der Waals surface area contributed by atoms with Crippen LogP contribution in [-0.2, 0) is 0 Å². The van der Waals surface area contributed by atoms with Crippen molar-refractivity contribution in [3.8, 4) is 11.1 Å². The molecule has 2 aromatic heterocycles. The molecule has 5 nitrogen and oxygen atoms in total. The third-order valence-corrected chi connectivity index (χ3v) is 3.45. The zero-order valence-electron chi connectivity index (χ0n) is 9.08. The number of halogens is 1. The van der Waals surface area contributed by atoms with E-state index in [1.54, 1.807) is 6.20 Å². The number of aromatic amines is 3. The molecule has 0 fully saturated rings. The summed E-state index contributed by atoms with van der Waals surface area (Å²) >= 11 is 2.22. The van der Waals surface area contributed by atoms with Gasteiger partial charge >= 0.3 is 5.69 Å². The van der Waals surface area contributed by atoms with Crippen LogP contribution in [0.2, 0.25) is 0 Å². The maximum Gasteiger partial charge on any atom is 0.327 e. The number of nitrogens with one attached hydrogen (secondary N) is 3. The van der Waals surface area contributed by atoms with Crippen LogP contribution in [0.5, 0.6) is 0 Å². The summed E-state index contributed by atoms with van der Waals surface area (Å²) in [5.74, 6) is 0. The Labute approximate surface area is 114 Å². The quantitative estimate of drug-likeness (QED) is 0.584. The molecule has 3 N–H and O–H groups in total. The molecule has 0 saturated carbocycles. The molecule has 0 amide bonds. The molecular weight excluding hydrogens is 345 g/mol. The fourth-order valence-corrected chi connectivity index (χ4v) is 2.28. The molecular formula is C12H8IN3O2. The fraction of sp³-hybridized carbons (Fsp3) is 0. The Kier molecular flexibility index (Phi) is 2.58. The van der Waals surface area contributed by atoms with E-state index < -0.39 is 5.69 Å². The molecule has 18 heavy (non-hydrogen) atoms. The number of H-pyrrole nitrogens is 3. The summed E-state index contributed by atoms with van der Waals surface area (Å²) in [6.07, 6.45) is 1.72. The Balaban J connectivity index is 2.34. The molecule has 6 heteroatoms. The molecule has 0 radical (unpaired) electrons. The second kappa shape index (κ2) is 4.13. The lowest BCUT2D eigenvalue weighted by Crippen LogP contribution is -2.21. The first-order valence-electron chi connectivity index (χ1n) is 5.25. The van der Waals surface area contributed by atoms with E-state index in [9.17, 15) is 9.59 Å². The van der Waals surface area contributed by atoms with Gasteiger partial charge in [0.1, 0.15) is 5.65 Å². The molecule has 90 valence electrons. The van der Waals surface area contributed by atoms with Gasteiger partial charge in [0.05, 0.1) is 5.39 Å². The number of hydrogen-bond donors (Lipinski definition) is 3. The maximum absolute atomic E-state index is 11.8. The summed E-state index contributed by atoms with van der Waals surface area (Å²) in [5, 5.41) is 0.468. The number of fused-ring (bicyclic) bond motifs is 1. The van der Waals surface area contributed by atoms with E-state index in [0.717, 1.165) is 14.7 Å². The lowest BCUT2D eigenvalue weighted by atomic mass is 10.1. The highest BCUT2D eigenvalue weighted by Gasteiger charge is 2.10. The van der Waals surface area contributed by atoms with Crippen LogP contribution < -0.4 is 11.2 Å². The molecule has 0 saturated heterocycles. The van der Waals surface area contributed by atoms with Gasteiger partial charge in [0.2, 0.25) is 0 Å². The van der Waals surface area contributed by atoms with E-state index in [-0.39, 0.29) is 5.56 Å². The summed E-state index contributed by atoms with van der Waals surface area (Å²) in [4.78, 5) is 30.7. The van der Waals surface area contributed by atoms with E-state index in [4.69, 9.17) is 0 Å². The van der Waals surface area contributed by atoms with Gasteiger partial charge in [-0.2, -0.15) is 0 Å². The average molecular weight is 353 g/mol. The highest BCUT2D eigenvalue weighted by atomic mass is 127. The Hall–Kier alpha value is -1.83. The lowest BCUT2D eigenvalue weighted by molar-refractivity contribution is 1.07. The van der Waals surface area contributed by atoms with Crippen molar-refractivity contribution in [2.75, 3.05) is 0 Å². The Morgan fingerprint density at radius 3 is 2.44 bits per heavy atom. The van der Waals surface area contributed by atoms with Crippen LogP contribution in [0.25, 0.3) is 22.2 Å². The summed E-state index contributed by atoms with van der Waals surface area (Å²) in [7, 11) is 0. The minimum Gasteiger partial charge on any atom is -0.347 e. The Bertz CT molecular complexity index is 827. The molecule has 1 aromatic carbocycles. The molecule has 0 unspecified atom stereocenters. The fourth-order valence-electron chi connectivity index (χ4n) is 1.93. The zero-order valence-corrected chi connectivity index (χ0v) is 11.2. The molecule has 0 aliphatic rings. The second-order valence-corrected chi connectivity index (χ2v) is 5.11. The van der Waals surface area contributed by atoms with Gasteiger partial charge in [0.25, 0.3) is 5.56 Å². The molecule has 3 rings (SSSR count). The van der Waals surface area contributed by atoms with Gasteiger partial charge in [0.15, 0.2) is 0 Å². The Morgan fingerprint density at radius 1 is 1.00 bits per heavy atom. The van der Waals surface area contributed by atoms with E-state index in [1.807, 2.05) is 24.3 Å². The lowest BCUT2D eigenvalue weighted by Gasteiger charge is -1.98. The van der Waals surface area contributed by atoms with Gasteiger partial charge in [-0.1, -0.05) is 12.1 Å². The van der Waals surface area contributed by atoms with Crippen LogP contribution in [0, 0.1) is 3.57 Å². The number of hydrogen-bond acceptors (Lipinski definition) is 2. The topological polar surface area (TPSA) is 81.5 Å². The van der Waals surface area contributed by atoms with Gasteiger partial charge in [0, 0.05) is 15.3 Å². The predicted molar refractivity (Wildman–Crippen MR) is 77.7 cm³/mol. The monoisotopic (exact) mass is 353 g/mol. The maximum atomic E-state index is 11.8. The molecule has 0 atom stereocenters.